The van der Waals surface area contributed by atoms with Gasteiger partial charge in [0, 0.05) is 5.03 Å². The van der Waals surface area contributed by atoms with Crippen LogP contribution in [0.4, 0.5) is 0 Å². The van der Waals surface area contributed by atoms with Crippen molar-refractivity contribution < 1.29 is 0 Å². The number of hydrogen-bond acceptors (Lipinski definition) is 0. The molecule has 0 amide bonds. The van der Waals surface area contributed by atoms with Gasteiger partial charge in [-0.1, -0.05) is 77.9 Å². The summed E-state index contributed by atoms with van der Waals surface area (Å²) in [5.41, 5.74) is 2.74. The van der Waals surface area contributed by atoms with Gasteiger partial charge in [-0.25, -0.2) is 0 Å². The van der Waals surface area contributed by atoms with Crippen molar-refractivity contribution in [2.75, 3.05) is 0 Å². The van der Waals surface area contributed by atoms with Crippen molar-refractivity contribution in [3.8, 4) is 0 Å². The Labute approximate surface area is 125 Å². The first-order valence-electron chi connectivity index (χ1n) is 5.98. The van der Waals surface area contributed by atoms with E-state index in [9.17, 15) is 0 Å². The smallest absolute Gasteiger partial charge is 0.0360 e. The van der Waals surface area contributed by atoms with Crippen molar-refractivity contribution in [1.29, 1.82) is 0 Å². The van der Waals surface area contributed by atoms with E-state index in [1.54, 1.807) is 6.08 Å². The third kappa shape index (κ3) is 7.82. The molecular weight excluding hydrogens is 343 g/mol. The van der Waals surface area contributed by atoms with Crippen molar-refractivity contribution in [2.45, 2.75) is 40.0 Å². The summed E-state index contributed by atoms with van der Waals surface area (Å²) in [7, 11) is 0. The minimum Gasteiger partial charge on any atom is -0.0976 e. The molecule has 0 bridgehead atoms. The van der Waals surface area contributed by atoms with Gasteiger partial charge in [-0.3, -0.25) is 0 Å². The van der Waals surface area contributed by atoms with Crippen LogP contribution in [-0.2, 0) is 0 Å². The summed E-state index contributed by atoms with van der Waals surface area (Å²) in [6.45, 7) is 10.2. The molecule has 0 heterocycles. The van der Waals surface area contributed by atoms with E-state index >= 15 is 0 Å². The molecule has 0 spiro atoms. The molecule has 0 radical (unpaired) electrons. The average molecular weight is 365 g/mol. The van der Waals surface area contributed by atoms with Gasteiger partial charge in [0.1, 0.15) is 0 Å². The Kier molecular flexibility index (Phi) is 9.94. The maximum Gasteiger partial charge on any atom is 0.0360 e. The van der Waals surface area contributed by atoms with E-state index in [-0.39, 0.29) is 0 Å². The maximum absolute atomic E-state index is 5.96. The van der Waals surface area contributed by atoms with Crippen LogP contribution in [0.15, 0.2) is 45.1 Å². The van der Waals surface area contributed by atoms with Crippen molar-refractivity contribution in [3.05, 3.63) is 45.1 Å². The van der Waals surface area contributed by atoms with Crippen LogP contribution in [-0.4, -0.2) is 0 Å². The van der Waals surface area contributed by atoms with Crippen LogP contribution in [0.1, 0.15) is 40.0 Å². The first-order chi connectivity index (χ1) is 8.04. The van der Waals surface area contributed by atoms with Crippen LogP contribution < -0.4 is 0 Å². The molecule has 0 saturated carbocycles. The molecule has 96 valence electrons. The zero-order valence-corrected chi connectivity index (χ0v) is 13.9. The first kappa shape index (κ1) is 17.0. The number of rotatable bonds is 7. The predicted octanol–water partition coefficient (Wildman–Crippen LogP) is 6.39. The SMILES string of the molecule is C=C/C(Cl)=C\CC(CCC)/C(C)=C\C(C)=C/I. The van der Waals surface area contributed by atoms with Crippen molar-refractivity contribution in [3.63, 3.8) is 0 Å². The fourth-order valence-electron chi connectivity index (χ4n) is 1.73. The summed E-state index contributed by atoms with van der Waals surface area (Å²) >= 11 is 8.23. The molecule has 2 heteroatoms. The molecule has 0 aromatic carbocycles. The van der Waals surface area contributed by atoms with E-state index in [1.807, 2.05) is 0 Å². The molecule has 17 heavy (non-hydrogen) atoms. The van der Waals surface area contributed by atoms with E-state index < -0.39 is 0 Å². The molecule has 0 fully saturated rings. The molecule has 0 aliphatic heterocycles. The van der Waals surface area contributed by atoms with Gasteiger partial charge in [-0.15, -0.1) is 0 Å². The standard InChI is InChI=1S/C15H22ClI/c1-5-7-14(8-9-15(16)6-2)13(4)10-12(3)11-17/h6,9-11,14H,2,5,7-8H2,1,3-4H3/b12-11-,13-10-,15-9+. The van der Waals surface area contributed by atoms with Gasteiger partial charge in [0.05, 0.1) is 0 Å². The van der Waals surface area contributed by atoms with E-state index in [0.717, 1.165) is 11.5 Å². The Hall–Kier alpha value is -0.0200. The van der Waals surface area contributed by atoms with Gasteiger partial charge in [-0.05, 0) is 42.3 Å². The highest BCUT2D eigenvalue weighted by Crippen LogP contribution is 2.24. The average Bonchev–Trinajstić information content (AvgIpc) is 2.33. The molecule has 1 atom stereocenters. The molecule has 0 rings (SSSR count). The molecule has 0 saturated heterocycles. The highest BCUT2D eigenvalue weighted by Gasteiger charge is 2.08. The number of halogens is 2. The Morgan fingerprint density at radius 1 is 1.41 bits per heavy atom. The summed E-state index contributed by atoms with van der Waals surface area (Å²) in [4.78, 5) is 0. The largest absolute Gasteiger partial charge is 0.0976 e. The van der Waals surface area contributed by atoms with Crippen LogP contribution in [0.25, 0.3) is 0 Å². The summed E-state index contributed by atoms with van der Waals surface area (Å²) in [5, 5.41) is 0.750. The molecule has 0 nitrogen and oxygen atoms in total. The van der Waals surface area contributed by atoms with Gasteiger partial charge >= 0.3 is 0 Å². The maximum atomic E-state index is 5.96. The van der Waals surface area contributed by atoms with Gasteiger partial charge in [0.2, 0.25) is 0 Å². The third-order valence-corrected chi connectivity index (χ3v) is 3.99. The lowest BCUT2D eigenvalue weighted by atomic mass is 9.91. The Morgan fingerprint density at radius 3 is 2.53 bits per heavy atom. The summed E-state index contributed by atoms with van der Waals surface area (Å²) in [5.74, 6) is 0.583. The van der Waals surface area contributed by atoms with Gasteiger partial charge in [0.15, 0.2) is 0 Å². The highest BCUT2D eigenvalue weighted by atomic mass is 127. The second-order valence-electron chi connectivity index (χ2n) is 4.26. The fraction of sp³-hybridized carbons (Fsp3) is 0.467. The quantitative estimate of drug-likeness (QED) is 0.363. The van der Waals surface area contributed by atoms with E-state index in [4.69, 9.17) is 11.6 Å². The monoisotopic (exact) mass is 364 g/mol. The topological polar surface area (TPSA) is 0 Å². The lowest BCUT2D eigenvalue weighted by Crippen LogP contribution is -2.01. The van der Waals surface area contributed by atoms with E-state index in [2.05, 4.69) is 66.2 Å². The fourth-order valence-corrected chi connectivity index (χ4v) is 2.00. The second-order valence-corrected chi connectivity index (χ2v) is 5.32. The van der Waals surface area contributed by atoms with Crippen LogP contribution in [0.2, 0.25) is 0 Å². The van der Waals surface area contributed by atoms with Crippen LogP contribution in [0, 0.1) is 5.92 Å². The minimum absolute atomic E-state index is 0.583. The second kappa shape index (κ2) is 9.95. The zero-order chi connectivity index (χ0) is 13.3. The summed E-state index contributed by atoms with van der Waals surface area (Å²) in [6.07, 6.45) is 9.42. The molecule has 0 N–H and O–H groups in total. The predicted molar refractivity (Wildman–Crippen MR) is 88.7 cm³/mol. The van der Waals surface area contributed by atoms with E-state index in [1.165, 1.54) is 24.0 Å². The van der Waals surface area contributed by atoms with Crippen LogP contribution in [0.3, 0.4) is 0 Å². The lowest BCUT2D eigenvalue weighted by Gasteiger charge is -2.15. The Morgan fingerprint density at radius 2 is 2.06 bits per heavy atom. The van der Waals surface area contributed by atoms with Crippen molar-refractivity contribution in [2.24, 2.45) is 5.92 Å². The Balaban J connectivity index is 4.73. The third-order valence-electron chi connectivity index (χ3n) is 2.70. The molecule has 0 aromatic heterocycles. The van der Waals surface area contributed by atoms with Gasteiger partial charge < -0.3 is 0 Å². The van der Waals surface area contributed by atoms with E-state index in [0.29, 0.717) is 5.92 Å². The normalized spacial score (nSPS) is 15.9. The minimum atomic E-state index is 0.583. The first-order valence-corrected chi connectivity index (χ1v) is 7.60. The molecule has 0 aliphatic carbocycles. The number of allylic oxidation sites excluding steroid dienone is 6. The van der Waals surface area contributed by atoms with Crippen molar-refractivity contribution >= 4 is 34.2 Å². The number of hydrogen-bond donors (Lipinski definition) is 0. The van der Waals surface area contributed by atoms with Crippen molar-refractivity contribution in [1.82, 2.24) is 0 Å². The molecular formula is C15H22ClI. The zero-order valence-electron chi connectivity index (χ0n) is 11.0. The highest BCUT2D eigenvalue weighted by molar-refractivity contribution is 14.1. The molecule has 0 aromatic rings. The van der Waals surface area contributed by atoms with Gasteiger partial charge in [-0.2, -0.15) is 0 Å². The van der Waals surface area contributed by atoms with Gasteiger partial charge in [0.25, 0.3) is 0 Å². The Bertz CT molecular complexity index is 324. The van der Waals surface area contributed by atoms with Crippen LogP contribution in [0.5, 0.6) is 0 Å². The lowest BCUT2D eigenvalue weighted by molar-refractivity contribution is 0.557. The summed E-state index contributed by atoms with van der Waals surface area (Å²) < 4.78 is 2.11. The molecule has 0 aliphatic rings. The summed E-state index contributed by atoms with van der Waals surface area (Å²) in [6, 6.07) is 0. The molecule has 1 unspecified atom stereocenters. The van der Waals surface area contributed by atoms with Crippen LogP contribution >= 0.6 is 34.2 Å².